The highest BCUT2D eigenvalue weighted by Crippen LogP contribution is 2.20. The Kier molecular flexibility index (Phi) is 18.0. The summed E-state index contributed by atoms with van der Waals surface area (Å²) in [5, 5.41) is 0. The van der Waals surface area contributed by atoms with Crippen molar-refractivity contribution in [1.29, 1.82) is 0 Å². The van der Waals surface area contributed by atoms with Crippen LogP contribution >= 0.6 is 0 Å². The molecule has 0 spiro atoms. The highest BCUT2D eigenvalue weighted by Gasteiger charge is 2.17. The third kappa shape index (κ3) is 14.9. The van der Waals surface area contributed by atoms with Crippen molar-refractivity contribution in [3.05, 3.63) is 12.2 Å². The molecular weight excluding hydrogens is 330 g/mol. The summed E-state index contributed by atoms with van der Waals surface area (Å²) in [6.07, 6.45) is 21.6. The average molecular weight is 380 g/mol. The van der Waals surface area contributed by atoms with E-state index in [1.54, 1.807) is 0 Å². The highest BCUT2D eigenvalue weighted by molar-refractivity contribution is 5.93. The quantitative estimate of drug-likeness (QED) is 0.165. The van der Waals surface area contributed by atoms with Gasteiger partial charge in [-0.1, -0.05) is 117 Å². The van der Waals surface area contributed by atoms with Crippen LogP contribution in [0.1, 0.15) is 124 Å². The Morgan fingerprint density at radius 1 is 0.741 bits per heavy atom. The fourth-order valence-corrected chi connectivity index (χ4v) is 3.71. The summed E-state index contributed by atoms with van der Waals surface area (Å²) in [7, 11) is 1.89. The Morgan fingerprint density at radius 3 is 1.56 bits per heavy atom. The van der Waals surface area contributed by atoms with E-state index in [4.69, 9.17) is 0 Å². The summed E-state index contributed by atoms with van der Waals surface area (Å²) in [6.45, 7) is 11.4. The zero-order valence-corrected chi connectivity index (χ0v) is 19.2. The van der Waals surface area contributed by atoms with Crippen molar-refractivity contribution >= 4 is 5.91 Å². The molecule has 1 amide bonds. The van der Waals surface area contributed by atoms with Gasteiger partial charge in [0.05, 0.1) is 0 Å². The summed E-state index contributed by atoms with van der Waals surface area (Å²) < 4.78 is 0. The van der Waals surface area contributed by atoms with Gasteiger partial charge < -0.3 is 4.90 Å². The minimum absolute atomic E-state index is 0.134. The van der Waals surface area contributed by atoms with Crippen molar-refractivity contribution in [3.63, 3.8) is 0 Å². The maximum atomic E-state index is 12.2. The van der Waals surface area contributed by atoms with Gasteiger partial charge in [0.2, 0.25) is 5.91 Å². The van der Waals surface area contributed by atoms with E-state index < -0.39 is 0 Å². The van der Waals surface area contributed by atoms with Crippen LogP contribution in [-0.2, 0) is 4.79 Å². The first kappa shape index (κ1) is 26.2. The first-order chi connectivity index (χ1) is 13.0. The van der Waals surface area contributed by atoms with Crippen molar-refractivity contribution in [1.82, 2.24) is 4.90 Å². The van der Waals surface area contributed by atoms with Crippen molar-refractivity contribution in [2.45, 2.75) is 124 Å². The SMILES string of the molecule is C=C(C(=O)N(C)CCC)C(C)CCCCCCCCCCCCCCCC. The van der Waals surface area contributed by atoms with Gasteiger partial charge in [-0.3, -0.25) is 4.79 Å². The number of likely N-dealkylation sites (N-methyl/N-ethyl adjacent to an activating group) is 1. The molecule has 0 aliphatic heterocycles. The number of carbonyl (C=O) groups is 1. The predicted octanol–water partition coefficient (Wildman–Crippen LogP) is 7.92. The maximum Gasteiger partial charge on any atom is 0.249 e. The van der Waals surface area contributed by atoms with Crippen LogP contribution in [0.5, 0.6) is 0 Å². The second kappa shape index (κ2) is 18.6. The van der Waals surface area contributed by atoms with E-state index >= 15 is 0 Å². The number of rotatable bonds is 19. The molecule has 0 aliphatic carbocycles. The first-order valence-corrected chi connectivity index (χ1v) is 12.0. The van der Waals surface area contributed by atoms with Crippen LogP contribution in [0.2, 0.25) is 0 Å². The summed E-state index contributed by atoms with van der Waals surface area (Å²) in [5.74, 6) is 0.448. The van der Waals surface area contributed by atoms with Crippen LogP contribution in [0.25, 0.3) is 0 Å². The number of hydrogen-bond donors (Lipinski definition) is 0. The number of nitrogens with zero attached hydrogens (tertiary/aromatic N) is 1. The molecule has 0 aromatic carbocycles. The molecule has 0 N–H and O–H groups in total. The van der Waals surface area contributed by atoms with Gasteiger partial charge in [-0.15, -0.1) is 0 Å². The Labute approximate surface area is 171 Å². The van der Waals surface area contributed by atoms with Gasteiger partial charge in [0.15, 0.2) is 0 Å². The van der Waals surface area contributed by atoms with Gasteiger partial charge in [0.1, 0.15) is 0 Å². The lowest BCUT2D eigenvalue weighted by molar-refractivity contribution is -0.126. The van der Waals surface area contributed by atoms with Crippen molar-refractivity contribution in [2.75, 3.05) is 13.6 Å². The molecule has 0 rings (SSSR count). The van der Waals surface area contributed by atoms with Crippen LogP contribution in [0.3, 0.4) is 0 Å². The highest BCUT2D eigenvalue weighted by atomic mass is 16.2. The van der Waals surface area contributed by atoms with Crippen molar-refractivity contribution in [3.8, 4) is 0 Å². The number of hydrogen-bond acceptors (Lipinski definition) is 1. The molecule has 0 saturated heterocycles. The van der Waals surface area contributed by atoms with Gasteiger partial charge >= 0.3 is 0 Å². The fourth-order valence-electron chi connectivity index (χ4n) is 3.71. The summed E-state index contributed by atoms with van der Waals surface area (Å²) in [5.41, 5.74) is 0.792. The van der Waals surface area contributed by atoms with Crippen LogP contribution in [0.4, 0.5) is 0 Å². The molecule has 2 nitrogen and oxygen atoms in total. The minimum atomic E-state index is 0.134. The minimum Gasteiger partial charge on any atom is -0.342 e. The molecule has 0 aromatic rings. The predicted molar refractivity (Wildman–Crippen MR) is 121 cm³/mol. The summed E-state index contributed by atoms with van der Waals surface area (Å²) in [4.78, 5) is 14.1. The fraction of sp³-hybridized carbons (Fsp3) is 0.880. The van der Waals surface area contributed by atoms with Gasteiger partial charge in [-0.25, -0.2) is 0 Å². The van der Waals surface area contributed by atoms with E-state index in [9.17, 15) is 4.79 Å². The molecule has 0 fully saturated rings. The molecule has 0 radical (unpaired) electrons. The van der Waals surface area contributed by atoms with E-state index in [1.165, 1.54) is 89.9 Å². The topological polar surface area (TPSA) is 20.3 Å². The van der Waals surface area contributed by atoms with Crippen molar-refractivity contribution in [2.24, 2.45) is 5.92 Å². The lowest BCUT2D eigenvalue weighted by atomic mass is 9.94. The molecular formula is C25H49NO. The van der Waals surface area contributed by atoms with Crippen LogP contribution < -0.4 is 0 Å². The molecule has 0 aliphatic rings. The molecule has 0 bridgehead atoms. The Morgan fingerprint density at radius 2 is 1.15 bits per heavy atom. The number of unbranched alkanes of at least 4 members (excludes halogenated alkanes) is 13. The third-order valence-corrected chi connectivity index (χ3v) is 5.77. The smallest absolute Gasteiger partial charge is 0.249 e. The first-order valence-electron chi connectivity index (χ1n) is 12.0. The molecule has 0 aromatic heterocycles. The van der Waals surface area contributed by atoms with E-state index in [-0.39, 0.29) is 5.91 Å². The van der Waals surface area contributed by atoms with E-state index in [2.05, 4.69) is 27.4 Å². The molecule has 27 heavy (non-hydrogen) atoms. The van der Waals surface area contributed by atoms with E-state index in [0.717, 1.165) is 25.0 Å². The van der Waals surface area contributed by atoms with Gasteiger partial charge in [-0.05, 0) is 18.8 Å². The zero-order chi connectivity index (χ0) is 20.3. The lowest BCUT2D eigenvalue weighted by Gasteiger charge is -2.21. The Balaban J connectivity index is 3.46. The van der Waals surface area contributed by atoms with E-state index in [0.29, 0.717) is 5.92 Å². The van der Waals surface area contributed by atoms with Gasteiger partial charge in [-0.2, -0.15) is 0 Å². The number of carbonyl (C=O) groups excluding carboxylic acids is 1. The average Bonchev–Trinajstić information content (AvgIpc) is 2.67. The van der Waals surface area contributed by atoms with E-state index in [1.807, 2.05) is 11.9 Å². The van der Waals surface area contributed by atoms with Crippen molar-refractivity contribution < 1.29 is 4.79 Å². The van der Waals surface area contributed by atoms with Crippen LogP contribution in [0.15, 0.2) is 12.2 Å². The summed E-state index contributed by atoms with van der Waals surface area (Å²) >= 11 is 0. The molecule has 0 saturated carbocycles. The number of amides is 1. The lowest BCUT2D eigenvalue weighted by Crippen LogP contribution is -2.30. The zero-order valence-electron chi connectivity index (χ0n) is 19.2. The van der Waals surface area contributed by atoms with Crippen LogP contribution in [0, 0.1) is 5.92 Å². The Bertz CT molecular complexity index is 363. The molecule has 2 heteroatoms. The Hall–Kier alpha value is -0.790. The monoisotopic (exact) mass is 379 g/mol. The molecule has 1 unspecified atom stereocenters. The molecule has 160 valence electrons. The van der Waals surface area contributed by atoms with Gasteiger partial charge in [0, 0.05) is 19.2 Å². The molecule has 1 atom stereocenters. The molecule has 0 heterocycles. The van der Waals surface area contributed by atoms with Gasteiger partial charge in [0.25, 0.3) is 0 Å². The maximum absolute atomic E-state index is 12.2. The largest absolute Gasteiger partial charge is 0.342 e. The van der Waals surface area contributed by atoms with Crippen LogP contribution in [-0.4, -0.2) is 24.4 Å². The normalized spacial score (nSPS) is 12.1. The third-order valence-electron chi connectivity index (χ3n) is 5.77. The summed E-state index contributed by atoms with van der Waals surface area (Å²) in [6, 6.07) is 0. The second-order valence-electron chi connectivity index (χ2n) is 8.54. The standard InChI is InChI=1S/C25H49NO/c1-6-8-9-10-11-12-13-14-15-16-17-18-19-20-21-23(3)24(4)25(27)26(5)22-7-2/h23H,4,6-22H2,1-3,5H3. The second-order valence-corrected chi connectivity index (χ2v) is 8.54.